The quantitative estimate of drug-likeness (QED) is 0.297. The van der Waals surface area contributed by atoms with Crippen molar-refractivity contribution in [3.05, 3.63) is 29.7 Å². The molecule has 0 bridgehead atoms. The highest BCUT2D eigenvalue weighted by Gasteiger charge is 1.99. The molecular formula is C16H24O2S. The zero-order chi connectivity index (χ0) is 13.8. The molecule has 0 atom stereocenters. The smallest absolute Gasteiger partial charge is 0.174 e. The van der Waals surface area contributed by atoms with E-state index in [-0.39, 0.29) is 0 Å². The van der Waals surface area contributed by atoms with Crippen LogP contribution in [0.4, 0.5) is 0 Å². The molecule has 1 heterocycles. The van der Waals surface area contributed by atoms with Gasteiger partial charge in [0, 0.05) is 0 Å². The van der Waals surface area contributed by atoms with Crippen molar-refractivity contribution in [2.24, 2.45) is 0 Å². The van der Waals surface area contributed by atoms with Gasteiger partial charge in [0.25, 0.3) is 0 Å². The molecule has 0 aliphatic rings. The van der Waals surface area contributed by atoms with Crippen molar-refractivity contribution >= 4 is 17.6 Å². The number of carbonyl (C=O) groups is 1. The van der Waals surface area contributed by atoms with Crippen molar-refractivity contribution in [2.45, 2.75) is 51.4 Å². The first kappa shape index (κ1) is 16.0. The van der Waals surface area contributed by atoms with Gasteiger partial charge in [-0.1, -0.05) is 49.5 Å². The van der Waals surface area contributed by atoms with Crippen molar-refractivity contribution in [1.82, 2.24) is 0 Å². The molecule has 1 aromatic rings. The lowest BCUT2D eigenvalue weighted by Crippen LogP contribution is -1.95. The largest absolute Gasteiger partial charge is 0.484 e. The van der Waals surface area contributed by atoms with Crippen LogP contribution in [0.2, 0.25) is 0 Å². The van der Waals surface area contributed by atoms with E-state index >= 15 is 0 Å². The molecule has 0 aliphatic heterocycles. The van der Waals surface area contributed by atoms with Crippen LogP contribution in [-0.4, -0.2) is 12.9 Å². The van der Waals surface area contributed by atoms with Crippen molar-refractivity contribution in [2.75, 3.05) is 6.61 Å². The highest BCUT2D eigenvalue weighted by atomic mass is 32.1. The molecule has 0 saturated heterocycles. The van der Waals surface area contributed by atoms with Crippen LogP contribution in [0, 0.1) is 0 Å². The third kappa shape index (κ3) is 7.83. The zero-order valence-corrected chi connectivity index (χ0v) is 12.4. The van der Waals surface area contributed by atoms with E-state index in [9.17, 15) is 4.79 Å². The Morgan fingerprint density at radius 1 is 1.05 bits per heavy atom. The zero-order valence-electron chi connectivity index (χ0n) is 11.6. The highest BCUT2D eigenvalue weighted by molar-refractivity contribution is 7.15. The Kier molecular flexibility index (Phi) is 9.07. The Balaban J connectivity index is 1.88. The Hall–Kier alpha value is -1.09. The first-order chi connectivity index (χ1) is 9.36. The molecule has 1 rings (SSSR count). The van der Waals surface area contributed by atoms with Crippen molar-refractivity contribution < 1.29 is 9.53 Å². The SMILES string of the molecule is C=CCCCCCCCCCOc1ccc(C=O)s1. The van der Waals surface area contributed by atoms with Gasteiger partial charge in [-0.05, 0) is 31.4 Å². The van der Waals surface area contributed by atoms with E-state index in [1.807, 2.05) is 12.1 Å². The number of unbranched alkanes of at least 4 members (excludes halogenated alkanes) is 7. The average Bonchev–Trinajstić information content (AvgIpc) is 2.89. The lowest BCUT2D eigenvalue weighted by atomic mass is 10.1. The molecule has 0 aromatic carbocycles. The number of hydrogen-bond donors (Lipinski definition) is 0. The predicted molar refractivity (Wildman–Crippen MR) is 82.3 cm³/mol. The van der Waals surface area contributed by atoms with Crippen LogP contribution in [0.5, 0.6) is 5.06 Å². The van der Waals surface area contributed by atoms with Gasteiger partial charge < -0.3 is 4.74 Å². The first-order valence-electron chi connectivity index (χ1n) is 7.15. The van der Waals surface area contributed by atoms with Gasteiger partial charge in [0.1, 0.15) is 0 Å². The fraction of sp³-hybridized carbons (Fsp3) is 0.562. The minimum atomic E-state index is 0.731. The Labute approximate surface area is 120 Å². The molecule has 0 spiro atoms. The first-order valence-corrected chi connectivity index (χ1v) is 7.97. The number of carbonyl (C=O) groups excluding carboxylic acids is 1. The second-order valence-electron chi connectivity index (χ2n) is 4.68. The maximum absolute atomic E-state index is 10.5. The third-order valence-corrected chi connectivity index (χ3v) is 3.94. The van der Waals surface area contributed by atoms with E-state index in [2.05, 4.69) is 6.58 Å². The molecule has 0 saturated carbocycles. The topological polar surface area (TPSA) is 26.3 Å². The Morgan fingerprint density at radius 3 is 2.37 bits per heavy atom. The van der Waals surface area contributed by atoms with Gasteiger partial charge in [-0.3, -0.25) is 4.79 Å². The number of allylic oxidation sites excluding steroid dienone is 1. The molecule has 0 radical (unpaired) electrons. The minimum absolute atomic E-state index is 0.731. The fourth-order valence-electron chi connectivity index (χ4n) is 1.92. The Bertz CT molecular complexity index is 357. The molecule has 0 fully saturated rings. The highest BCUT2D eigenvalue weighted by Crippen LogP contribution is 2.23. The maximum atomic E-state index is 10.5. The van der Waals surface area contributed by atoms with E-state index < -0.39 is 0 Å². The van der Waals surface area contributed by atoms with Crippen molar-refractivity contribution in [3.63, 3.8) is 0 Å². The van der Waals surface area contributed by atoms with Crippen molar-refractivity contribution in [1.29, 1.82) is 0 Å². The molecule has 19 heavy (non-hydrogen) atoms. The van der Waals surface area contributed by atoms with Crippen LogP contribution in [0.1, 0.15) is 61.0 Å². The standard InChI is InChI=1S/C16H24O2S/c1-2-3-4-5-6-7-8-9-10-13-18-16-12-11-15(14-17)19-16/h2,11-12,14H,1,3-10,13H2. The summed E-state index contributed by atoms with van der Waals surface area (Å²) < 4.78 is 5.60. The molecule has 1 aromatic heterocycles. The van der Waals surface area contributed by atoms with Crippen LogP contribution in [-0.2, 0) is 0 Å². The van der Waals surface area contributed by atoms with Gasteiger partial charge in [0.15, 0.2) is 11.3 Å². The van der Waals surface area contributed by atoms with Crippen LogP contribution in [0.15, 0.2) is 24.8 Å². The molecule has 2 nitrogen and oxygen atoms in total. The number of thiophene rings is 1. The number of aldehydes is 1. The van der Waals surface area contributed by atoms with Gasteiger partial charge in [-0.25, -0.2) is 0 Å². The lowest BCUT2D eigenvalue weighted by Gasteiger charge is -2.03. The molecule has 0 N–H and O–H groups in total. The summed E-state index contributed by atoms with van der Waals surface area (Å²) in [4.78, 5) is 11.2. The third-order valence-electron chi connectivity index (χ3n) is 3.02. The summed E-state index contributed by atoms with van der Waals surface area (Å²) >= 11 is 1.41. The monoisotopic (exact) mass is 280 g/mol. The van der Waals surface area contributed by atoms with Crippen LogP contribution >= 0.6 is 11.3 Å². The number of ether oxygens (including phenoxy) is 1. The van der Waals surface area contributed by atoms with Crippen LogP contribution in [0.3, 0.4) is 0 Å². The van der Waals surface area contributed by atoms with Gasteiger partial charge in [-0.15, -0.1) is 6.58 Å². The van der Waals surface area contributed by atoms with Crippen LogP contribution < -0.4 is 4.74 Å². The fourth-order valence-corrected chi connectivity index (χ4v) is 2.62. The predicted octanol–water partition coefficient (Wildman–Crippen LogP) is 5.25. The lowest BCUT2D eigenvalue weighted by molar-refractivity contribution is 0.112. The summed E-state index contributed by atoms with van der Waals surface area (Å²) in [5.74, 6) is 0. The second-order valence-corrected chi connectivity index (χ2v) is 5.75. The molecule has 0 amide bonds. The number of hydrogen-bond acceptors (Lipinski definition) is 3. The van der Waals surface area contributed by atoms with Crippen molar-refractivity contribution in [3.8, 4) is 5.06 Å². The van der Waals surface area contributed by atoms with Gasteiger partial charge in [-0.2, -0.15) is 0 Å². The summed E-state index contributed by atoms with van der Waals surface area (Å²) in [6, 6.07) is 3.67. The molecule has 3 heteroatoms. The summed E-state index contributed by atoms with van der Waals surface area (Å²) in [6.45, 7) is 4.49. The van der Waals surface area contributed by atoms with Gasteiger partial charge in [0.2, 0.25) is 0 Å². The van der Waals surface area contributed by atoms with Gasteiger partial charge in [0.05, 0.1) is 11.5 Å². The molecular weight excluding hydrogens is 256 g/mol. The van der Waals surface area contributed by atoms with Crippen LogP contribution in [0.25, 0.3) is 0 Å². The minimum Gasteiger partial charge on any atom is -0.484 e. The second kappa shape index (κ2) is 10.8. The van der Waals surface area contributed by atoms with Gasteiger partial charge >= 0.3 is 0 Å². The normalized spacial score (nSPS) is 10.3. The summed E-state index contributed by atoms with van der Waals surface area (Å²) in [6.07, 6.45) is 12.9. The van der Waals surface area contributed by atoms with E-state index in [4.69, 9.17) is 4.74 Å². The molecule has 0 aliphatic carbocycles. The summed E-state index contributed by atoms with van der Waals surface area (Å²) in [5, 5.41) is 0.853. The van der Waals surface area contributed by atoms with E-state index in [0.717, 1.165) is 35.7 Å². The van der Waals surface area contributed by atoms with E-state index in [1.165, 1.54) is 49.9 Å². The average molecular weight is 280 g/mol. The molecule has 0 unspecified atom stereocenters. The summed E-state index contributed by atoms with van der Waals surface area (Å²) in [7, 11) is 0. The summed E-state index contributed by atoms with van der Waals surface area (Å²) in [5.41, 5.74) is 0. The van der Waals surface area contributed by atoms with E-state index in [0.29, 0.717) is 0 Å². The molecule has 106 valence electrons. The Morgan fingerprint density at radius 2 is 1.74 bits per heavy atom. The number of rotatable bonds is 12. The van der Waals surface area contributed by atoms with E-state index in [1.54, 1.807) is 6.07 Å². The maximum Gasteiger partial charge on any atom is 0.174 e.